The molecule has 180 valence electrons. The van der Waals surface area contributed by atoms with E-state index in [0.717, 1.165) is 39.7 Å². The number of hydrazone groups is 1. The Bertz CT molecular complexity index is 1430. The molecule has 0 saturated carbocycles. The van der Waals surface area contributed by atoms with E-state index in [-0.39, 0.29) is 19.3 Å². The molecule has 5 rings (SSSR count). The second-order valence-corrected chi connectivity index (χ2v) is 9.17. The second-order valence-electron chi connectivity index (χ2n) is 8.19. The van der Waals surface area contributed by atoms with Gasteiger partial charge in [0.15, 0.2) is 11.5 Å². The first-order chi connectivity index (χ1) is 16.8. The van der Waals surface area contributed by atoms with Gasteiger partial charge in [0.2, 0.25) is 11.9 Å². The van der Waals surface area contributed by atoms with Crippen LogP contribution in [0.5, 0.6) is 11.5 Å². The van der Waals surface area contributed by atoms with Gasteiger partial charge in [-0.15, -0.1) is 0 Å². The largest absolute Gasteiger partial charge is 0.462 e. The SMILES string of the molecule is CCOC(=O)c1sc(N2N=C(C)C(=Cc3cc(C)n(-c4ccc5c(c4)OCO5)c3C)C2=O)nc1C. The first-order valence-corrected chi connectivity index (χ1v) is 12.0. The third-order valence-electron chi connectivity index (χ3n) is 5.87. The molecule has 0 N–H and O–H groups in total. The summed E-state index contributed by atoms with van der Waals surface area (Å²) in [5, 5.41) is 6.01. The number of hydrogen-bond donors (Lipinski definition) is 0. The molecule has 1 amide bonds. The molecular weight excluding hydrogens is 468 g/mol. The lowest BCUT2D eigenvalue weighted by Crippen LogP contribution is -2.21. The van der Waals surface area contributed by atoms with Crippen molar-refractivity contribution in [1.29, 1.82) is 0 Å². The van der Waals surface area contributed by atoms with Crippen molar-refractivity contribution in [2.24, 2.45) is 5.10 Å². The zero-order chi connectivity index (χ0) is 24.9. The maximum atomic E-state index is 13.3. The van der Waals surface area contributed by atoms with Gasteiger partial charge < -0.3 is 18.8 Å². The summed E-state index contributed by atoms with van der Waals surface area (Å²) in [5.74, 6) is 0.693. The summed E-state index contributed by atoms with van der Waals surface area (Å²) in [5.41, 5.74) is 5.40. The zero-order valence-electron chi connectivity index (χ0n) is 20.0. The average Bonchev–Trinajstić information content (AvgIpc) is 3.56. The van der Waals surface area contributed by atoms with Crippen molar-refractivity contribution in [3.8, 4) is 17.2 Å². The lowest BCUT2D eigenvalue weighted by molar-refractivity contribution is -0.114. The highest BCUT2D eigenvalue weighted by Gasteiger charge is 2.32. The molecule has 0 fully saturated rings. The van der Waals surface area contributed by atoms with E-state index >= 15 is 0 Å². The van der Waals surface area contributed by atoms with Gasteiger partial charge in [-0.05, 0) is 64.5 Å². The summed E-state index contributed by atoms with van der Waals surface area (Å²) >= 11 is 1.09. The van der Waals surface area contributed by atoms with Gasteiger partial charge in [-0.1, -0.05) is 11.3 Å². The highest BCUT2D eigenvalue weighted by Crippen LogP contribution is 2.36. The zero-order valence-corrected chi connectivity index (χ0v) is 20.9. The van der Waals surface area contributed by atoms with Gasteiger partial charge in [-0.3, -0.25) is 4.79 Å². The summed E-state index contributed by atoms with van der Waals surface area (Å²) < 4.78 is 18.1. The lowest BCUT2D eigenvalue weighted by atomic mass is 10.1. The first kappa shape index (κ1) is 22.9. The fourth-order valence-electron chi connectivity index (χ4n) is 4.18. The number of carbonyl (C=O) groups is 2. The van der Waals surface area contributed by atoms with E-state index in [2.05, 4.69) is 14.7 Å². The maximum Gasteiger partial charge on any atom is 0.350 e. The maximum absolute atomic E-state index is 13.3. The Morgan fingerprint density at radius 3 is 2.71 bits per heavy atom. The van der Waals surface area contributed by atoms with Crippen LogP contribution in [-0.2, 0) is 9.53 Å². The van der Waals surface area contributed by atoms with Gasteiger partial charge in [-0.25, -0.2) is 9.78 Å². The molecule has 1 aromatic carbocycles. The van der Waals surface area contributed by atoms with Crippen molar-refractivity contribution in [2.45, 2.75) is 34.6 Å². The molecule has 4 heterocycles. The standard InChI is InChI=1S/C25H24N4O5S/c1-6-32-24(31)22-15(4)26-25(35-22)29-23(30)19(14(3)27-29)10-17-9-13(2)28(16(17)5)18-7-8-20-21(11-18)34-12-33-20/h7-11H,6,12H2,1-5H3. The third-order valence-corrected chi connectivity index (χ3v) is 6.99. The smallest absolute Gasteiger partial charge is 0.350 e. The third kappa shape index (κ3) is 3.89. The predicted molar refractivity (Wildman–Crippen MR) is 133 cm³/mol. The Morgan fingerprint density at radius 1 is 1.17 bits per heavy atom. The molecule has 0 saturated heterocycles. The minimum Gasteiger partial charge on any atom is -0.462 e. The van der Waals surface area contributed by atoms with Crippen molar-refractivity contribution < 1.29 is 23.8 Å². The molecule has 0 atom stereocenters. The van der Waals surface area contributed by atoms with Gasteiger partial charge in [0.1, 0.15) is 4.88 Å². The molecule has 0 unspecified atom stereocenters. The van der Waals surface area contributed by atoms with Crippen LogP contribution in [0.15, 0.2) is 34.9 Å². The van der Waals surface area contributed by atoms with Crippen LogP contribution in [-0.4, -0.2) is 40.5 Å². The Hall–Kier alpha value is -3.92. The summed E-state index contributed by atoms with van der Waals surface area (Å²) in [7, 11) is 0. The van der Waals surface area contributed by atoms with E-state index in [4.69, 9.17) is 14.2 Å². The summed E-state index contributed by atoms with van der Waals surface area (Å²) in [6.45, 7) is 9.74. The molecule has 0 bridgehead atoms. The Morgan fingerprint density at radius 2 is 1.94 bits per heavy atom. The van der Waals surface area contributed by atoms with E-state index in [1.54, 1.807) is 20.8 Å². The van der Waals surface area contributed by atoms with Crippen LogP contribution < -0.4 is 14.5 Å². The number of aromatic nitrogens is 2. The number of ether oxygens (including phenoxy) is 3. The predicted octanol–water partition coefficient (Wildman–Crippen LogP) is 4.57. The molecule has 0 aliphatic carbocycles. The van der Waals surface area contributed by atoms with Gasteiger partial charge in [0.25, 0.3) is 5.91 Å². The van der Waals surface area contributed by atoms with Crippen LogP contribution in [0.2, 0.25) is 0 Å². The highest BCUT2D eigenvalue weighted by molar-refractivity contribution is 7.17. The fourth-order valence-corrected chi connectivity index (χ4v) is 5.09. The molecule has 2 aromatic heterocycles. The van der Waals surface area contributed by atoms with Gasteiger partial charge in [0.05, 0.1) is 23.6 Å². The van der Waals surface area contributed by atoms with E-state index in [1.165, 1.54) is 5.01 Å². The monoisotopic (exact) mass is 492 g/mol. The number of carbonyl (C=O) groups excluding carboxylic acids is 2. The van der Waals surface area contributed by atoms with Crippen LogP contribution >= 0.6 is 11.3 Å². The number of nitrogens with zero attached hydrogens (tertiary/aromatic N) is 4. The highest BCUT2D eigenvalue weighted by atomic mass is 32.1. The lowest BCUT2D eigenvalue weighted by Gasteiger charge is -2.10. The molecule has 0 spiro atoms. The van der Waals surface area contributed by atoms with E-state index in [9.17, 15) is 9.59 Å². The molecule has 35 heavy (non-hydrogen) atoms. The summed E-state index contributed by atoms with van der Waals surface area (Å²) in [6, 6.07) is 7.85. The van der Waals surface area contributed by atoms with Crippen LogP contribution in [0.4, 0.5) is 5.13 Å². The number of anilines is 1. The number of esters is 1. The summed E-state index contributed by atoms with van der Waals surface area (Å²) in [6.07, 6.45) is 1.85. The van der Waals surface area contributed by atoms with E-state index in [0.29, 0.717) is 32.7 Å². The molecule has 9 nitrogen and oxygen atoms in total. The van der Waals surface area contributed by atoms with Crippen molar-refractivity contribution in [3.05, 3.63) is 57.4 Å². The van der Waals surface area contributed by atoms with Gasteiger partial charge in [0, 0.05) is 23.1 Å². The number of thiazole rings is 1. The summed E-state index contributed by atoms with van der Waals surface area (Å²) in [4.78, 5) is 30.2. The minimum absolute atomic E-state index is 0.219. The number of benzene rings is 1. The van der Waals surface area contributed by atoms with Crippen LogP contribution in [0.25, 0.3) is 11.8 Å². The topological polar surface area (TPSA) is 95.3 Å². The van der Waals surface area contributed by atoms with Crippen LogP contribution in [0.3, 0.4) is 0 Å². The molecule has 0 radical (unpaired) electrons. The number of amides is 1. The minimum atomic E-state index is -0.451. The van der Waals surface area contributed by atoms with Crippen LogP contribution in [0.1, 0.15) is 46.2 Å². The number of fused-ring (bicyclic) bond motifs is 1. The molecule has 3 aromatic rings. The molecular formula is C25H24N4O5S. The van der Waals surface area contributed by atoms with Crippen LogP contribution in [0, 0.1) is 20.8 Å². The fraction of sp³-hybridized carbons (Fsp3) is 0.280. The molecule has 2 aliphatic rings. The number of hydrogen-bond acceptors (Lipinski definition) is 8. The molecule has 2 aliphatic heterocycles. The van der Waals surface area contributed by atoms with Crippen molar-refractivity contribution in [1.82, 2.24) is 9.55 Å². The average molecular weight is 493 g/mol. The van der Waals surface area contributed by atoms with Crippen molar-refractivity contribution >= 4 is 40.1 Å². The number of aryl methyl sites for hydroxylation is 2. The van der Waals surface area contributed by atoms with Gasteiger partial charge in [-0.2, -0.15) is 10.1 Å². The second kappa shape index (κ2) is 8.70. The Kier molecular flexibility index (Phi) is 5.68. The normalized spacial score (nSPS) is 15.8. The van der Waals surface area contributed by atoms with Crippen molar-refractivity contribution in [3.63, 3.8) is 0 Å². The Labute approximate surface area is 206 Å². The molecule has 10 heteroatoms. The first-order valence-electron chi connectivity index (χ1n) is 11.1. The van der Waals surface area contributed by atoms with E-state index in [1.807, 2.05) is 44.2 Å². The Balaban J connectivity index is 1.46. The quantitative estimate of drug-likeness (QED) is 0.382. The van der Waals surface area contributed by atoms with Crippen molar-refractivity contribution in [2.75, 3.05) is 18.4 Å². The van der Waals surface area contributed by atoms with Gasteiger partial charge >= 0.3 is 5.97 Å². The van der Waals surface area contributed by atoms with E-state index < -0.39 is 5.97 Å². The number of rotatable bonds is 5.